The van der Waals surface area contributed by atoms with Crippen LogP contribution in [-0.4, -0.2) is 41.8 Å². The zero-order chi connectivity index (χ0) is 23.7. The third kappa shape index (κ3) is 4.79. The lowest BCUT2D eigenvalue weighted by atomic mass is 9.83. The highest BCUT2D eigenvalue weighted by Gasteiger charge is 2.46. The summed E-state index contributed by atoms with van der Waals surface area (Å²) in [5, 5.41) is 15.7. The SMILES string of the molecule is O=C(C[C@@H]1C[C@H]2c3cc(NC(=O)C4CCC4)ccc3O[C@H]2[C@H](CO)O1)NCc1cccc(F)c1. The van der Waals surface area contributed by atoms with Crippen molar-refractivity contribution in [3.8, 4) is 5.75 Å². The number of amides is 2. The third-order valence-electron chi connectivity index (χ3n) is 7.03. The van der Waals surface area contributed by atoms with Crippen LogP contribution >= 0.6 is 0 Å². The Balaban J connectivity index is 1.24. The quantitative estimate of drug-likeness (QED) is 0.580. The number of fused-ring (bicyclic) bond motifs is 3. The van der Waals surface area contributed by atoms with Crippen LogP contribution in [0.15, 0.2) is 42.5 Å². The molecule has 3 N–H and O–H groups in total. The van der Waals surface area contributed by atoms with E-state index in [9.17, 15) is 19.1 Å². The summed E-state index contributed by atoms with van der Waals surface area (Å²) in [6, 6.07) is 11.7. The molecule has 0 aromatic heterocycles. The maximum absolute atomic E-state index is 13.4. The molecule has 4 atom stereocenters. The zero-order valence-corrected chi connectivity index (χ0v) is 18.8. The normalized spacial score (nSPS) is 25.5. The summed E-state index contributed by atoms with van der Waals surface area (Å²) >= 11 is 0. The molecule has 1 aliphatic carbocycles. The van der Waals surface area contributed by atoms with E-state index in [-0.39, 0.29) is 55.1 Å². The minimum Gasteiger partial charge on any atom is -0.487 e. The van der Waals surface area contributed by atoms with Crippen molar-refractivity contribution < 1.29 is 28.6 Å². The van der Waals surface area contributed by atoms with Crippen molar-refractivity contribution >= 4 is 17.5 Å². The molecule has 1 saturated carbocycles. The van der Waals surface area contributed by atoms with Gasteiger partial charge >= 0.3 is 0 Å². The summed E-state index contributed by atoms with van der Waals surface area (Å²) in [4.78, 5) is 24.9. The van der Waals surface area contributed by atoms with E-state index in [4.69, 9.17) is 9.47 Å². The van der Waals surface area contributed by atoms with Gasteiger partial charge in [0.15, 0.2) is 0 Å². The zero-order valence-electron chi connectivity index (χ0n) is 18.8. The maximum Gasteiger partial charge on any atom is 0.227 e. The molecule has 3 aliphatic rings. The number of benzene rings is 2. The van der Waals surface area contributed by atoms with E-state index < -0.39 is 12.2 Å². The molecule has 0 unspecified atom stereocenters. The molecule has 5 rings (SSSR count). The van der Waals surface area contributed by atoms with Gasteiger partial charge in [-0.2, -0.15) is 0 Å². The van der Waals surface area contributed by atoms with Crippen LogP contribution in [0, 0.1) is 11.7 Å². The van der Waals surface area contributed by atoms with E-state index in [1.165, 1.54) is 12.1 Å². The van der Waals surface area contributed by atoms with Gasteiger partial charge < -0.3 is 25.2 Å². The molecule has 2 aromatic rings. The van der Waals surface area contributed by atoms with Crippen molar-refractivity contribution in [2.75, 3.05) is 11.9 Å². The van der Waals surface area contributed by atoms with Gasteiger partial charge in [-0.15, -0.1) is 0 Å². The van der Waals surface area contributed by atoms with Crippen molar-refractivity contribution in [3.63, 3.8) is 0 Å². The number of carbonyl (C=O) groups excluding carboxylic acids is 2. The first-order chi connectivity index (χ1) is 16.5. The summed E-state index contributed by atoms with van der Waals surface area (Å²) < 4.78 is 25.5. The fourth-order valence-electron chi connectivity index (χ4n) is 5.01. The van der Waals surface area contributed by atoms with Gasteiger partial charge in [0.25, 0.3) is 0 Å². The second-order valence-electron chi connectivity index (χ2n) is 9.38. The van der Waals surface area contributed by atoms with Crippen molar-refractivity contribution in [1.82, 2.24) is 5.32 Å². The molecular formula is C26H29FN2O5. The molecule has 0 radical (unpaired) electrons. The van der Waals surface area contributed by atoms with Gasteiger partial charge in [0.05, 0.1) is 19.1 Å². The molecule has 2 aromatic carbocycles. The summed E-state index contributed by atoms with van der Waals surface area (Å²) in [6.07, 6.45) is 2.36. The Hall–Kier alpha value is -2.97. The van der Waals surface area contributed by atoms with Gasteiger partial charge in [0, 0.05) is 29.6 Å². The molecule has 34 heavy (non-hydrogen) atoms. The average Bonchev–Trinajstić information content (AvgIpc) is 3.14. The first-order valence-corrected chi connectivity index (χ1v) is 11.9. The van der Waals surface area contributed by atoms with Crippen LogP contribution < -0.4 is 15.4 Å². The average molecular weight is 469 g/mol. The molecule has 0 bridgehead atoms. The second-order valence-corrected chi connectivity index (χ2v) is 9.38. The molecule has 2 aliphatic heterocycles. The highest BCUT2D eigenvalue weighted by atomic mass is 19.1. The Morgan fingerprint density at radius 3 is 2.74 bits per heavy atom. The first kappa shape index (κ1) is 22.8. The van der Waals surface area contributed by atoms with Gasteiger partial charge in [-0.1, -0.05) is 18.6 Å². The lowest BCUT2D eigenvalue weighted by Gasteiger charge is -2.37. The minimum absolute atomic E-state index is 0.0507. The predicted octanol–water partition coefficient (Wildman–Crippen LogP) is 3.27. The molecule has 7 nitrogen and oxygen atoms in total. The molecular weight excluding hydrogens is 439 g/mol. The number of aliphatic hydroxyl groups excluding tert-OH is 1. The molecule has 8 heteroatoms. The minimum atomic E-state index is -0.555. The predicted molar refractivity (Wildman–Crippen MR) is 123 cm³/mol. The van der Waals surface area contributed by atoms with Crippen LogP contribution in [0.5, 0.6) is 5.75 Å². The number of anilines is 1. The van der Waals surface area contributed by atoms with Gasteiger partial charge in [0.1, 0.15) is 23.8 Å². The fraction of sp³-hybridized carbons (Fsp3) is 0.462. The van der Waals surface area contributed by atoms with E-state index in [0.29, 0.717) is 12.0 Å². The molecule has 2 heterocycles. The van der Waals surface area contributed by atoms with Crippen molar-refractivity contribution in [2.45, 2.75) is 62.9 Å². The van der Waals surface area contributed by atoms with Gasteiger partial charge in [-0.05, 0) is 55.2 Å². The lowest BCUT2D eigenvalue weighted by Crippen LogP contribution is -2.47. The highest BCUT2D eigenvalue weighted by Crippen LogP contribution is 2.47. The lowest BCUT2D eigenvalue weighted by molar-refractivity contribution is -0.142. The molecule has 2 amide bonds. The Bertz CT molecular complexity index is 1070. The summed E-state index contributed by atoms with van der Waals surface area (Å²) in [6.45, 7) is 0.0105. The molecule has 1 saturated heterocycles. The highest BCUT2D eigenvalue weighted by molar-refractivity contribution is 5.93. The molecule has 0 spiro atoms. The Labute approximate surface area is 197 Å². The van der Waals surface area contributed by atoms with E-state index >= 15 is 0 Å². The first-order valence-electron chi connectivity index (χ1n) is 11.9. The Kier molecular flexibility index (Phi) is 6.52. The fourth-order valence-corrected chi connectivity index (χ4v) is 5.01. The number of ether oxygens (including phenoxy) is 2. The van der Waals surface area contributed by atoms with Gasteiger partial charge in [-0.3, -0.25) is 9.59 Å². The van der Waals surface area contributed by atoms with Crippen LogP contribution in [0.2, 0.25) is 0 Å². The smallest absolute Gasteiger partial charge is 0.227 e. The number of aliphatic hydroxyl groups is 1. The van der Waals surface area contributed by atoms with Crippen molar-refractivity contribution in [2.24, 2.45) is 5.92 Å². The van der Waals surface area contributed by atoms with Crippen molar-refractivity contribution in [1.29, 1.82) is 0 Å². The number of carbonyl (C=O) groups is 2. The van der Waals surface area contributed by atoms with E-state index in [2.05, 4.69) is 10.6 Å². The van der Waals surface area contributed by atoms with Crippen LogP contribution in [0.25, 0.3) is 0 Å². The molecule has 2 fully saturated rings. The number of rotatable bonds is 7. The summed E-state index contributed by atoms with van der Waals surface area (Å²) in [5.74, 6) is 0.258. The van der Waals surface area contributed by atoms with Gasteiger partial charge in [0.2, 0.25) is 11.8 Å². The van der Waals surface area contributed by atoms with Crippen LogP contribution in [-0.2, 0) is 20.9 Å². The topological polar surface area (TPSA) is 96.9 Å². The Morgan fingerprint density at radius 2 is 2.00 bits per heavy atom. The van der Waals surface area contributed by atoms with Crippen LogP contribution in [0.4, 0.5) is 10.1 Å². The third-order valence-corrected chi connectivity index (χ3v) is 7.03. The van der Waals surface area contributed by atoms with E-state index in [0.717, 1.165) is 36.3 Å². The maximum atomic E-state index is 13.4. The number of hydrogen-bond donors (Lipinski definition) is 3. The second kappa shape index (κ2) is 9.72. The monoisotopic (exact) mass is 468 g/mol. The number of hydrogen-bond acceptors (Lipinski definition) is 5. The Morgan fingerprint density at radius 1 is 1.15 bits per heavy atom. The number of nitrogens with one attached hydrogen (secondary N) is 2. The van der Waals surface area contributed by atoms with Gasteiger partial charge in [-0.25, -0.2) is 4.39 Å². The van der Waals surface area contributed by atoms with Crippen LogP contribution in [0.1, 0.15) is 49.1 Å². The number of halogens is 1. The van der Waals surface area contributed by atoms with E-state index in [1.54, 1.807) is 12.1 Å². The van der Waals surface area contributed by atoms with E-state index in [1.807, 2.05) is 18.2 Å². The van der Waals surface area contributed by atoms with Crippen molar-refractivity contribution in [3.05, 3.63) is 59.4 Å². The largest absolute Gasteiger partial charge is 0.487 e. The van der Waals surface area contributed by atoms with Crippen LogP contribution in [0.3, 0.4) is 0 Å². The summed E-state index contributed by atoms with van der Waals surface area (Å²) in [5.41, 5.74) is 2.38. The molecule has 180 valence electrons. The standard InChI is InChI=1S/C26H29FN2O5/c27-17-6-1-3-15(9-17)13-28-24(31)12-19-11-21-20-10-18(29-26(32)16-4-2-5-16)7-8-22(20)34-25(21)23(14-30)33-19/h1,3,6-10,16,19,21,23,25,30H,2,4-5,11-14H2,(H,28,31)(H,29,32)/t19-,21-,23-,25+/m0/s1. The summed E-state index contributed by atoms with van der Waals surface area (Å²) in [7, 11) is 0.